The Morgan fingerprint density at radius 2 is 1.92 bits per heavy atom. The lowest BCUT2D eigenvalue weighted by atomic mass is 10.2. The number of aromatic nitrogens is 2. The molecule has 2 aromatic rings. The Labute approximate surface area is 158 Å². The highest BCUT2D eigenvalue weighted by molar-refractivity contribution is 7.99. The summed E-state index contributed by atoms with van der Waals surface area (Å²) in [5.74, 6) is 0.832. The Morgan fingerprint density at radius 1 is 1.27 bits per heavy atom. The number of rotatable bonds is 8. The van der Waals surface area contributed by atoms with Crippen LogP contribution in [0, 0.1) is 13.8 Å². The zero-order chi connectivity index (χ0) is 18.9. The maximum Gasteiger partial charge on any atom is 0.250 e. The molecule has 0 fully saturated rings. The molecule has 0 saturated carbocycles. The molecule has 0 radical (unpaired) electrons. The average Bonchev–Trinajstić information content (AvgIpc) is 2.60. The van der Waals surface area contributed by atoms with Crippen LogP contribution >= 0.6 is 11.8 Å². The number of aryl methyl sites for hydroxylation is 2. The number of carbonyl (C=O) groups excluding carboxylic acids is 1. The summed E-state index contributed by atoms with van der Waals surface area (Å²) in [6.07, 6.45) is 2.75. The molecule has 1 N–H and O–H groups in total. The molecular formula is C19H24N4O2S. The second-order valence-corrected chi connectivity index (χ2v) is 6.86. The van der Waals surface area contributed by atoms with Crippen LogP contribution in [0.15, 0.2) is 40.6 Å². The zero-order valence-corrected chi connectivity index (χ0v) is 16.3. The molecule has 1 atom stereocenters. The first kappa shape index (κ1) is 19.9. The molecule has 1 aromatic heterocycles. The number of hydrogen-bond acceptors (Lipinski definition) is 6. The smallest absolute Gasteiger partial charge is 0.250 e. The summed E-state index contributed by atoms with van der Waals surface area (Å²) in [6.45, 7) is 7.93. The first-order valence-corrected chi connectivity index (χ1v) is 9.48. The van der Waals surface area contributed by atoms with Gasteiger partial charge in [0.05, 0.1) is 18.1 Å². The number of hydrazone groups is 1. The molecule has 1 aromatic carbocycles. The van der Waals surface area contributed by atoms with Crippen LogP contribution in [0.4, 0.5) is 0 Å². The van der Waals surface area contributed by atoms with Crippen LogP contribution in [-0.2, 0) is 4.79 Å². The first-order chi connectivity index (χ1) is 12.5. The largest absolute Gasteiger partial charge is 0.491 e. The van der Waals surface area contributed by atoms with Gasteiger partial charge in [0, 0.05) is 11.4 Å². The number of carbonyl (C=O) groups is 1. The van der Waals surface area contributed by atoms with Crippen LogP contribution in [0.1, 0.15) is 37.2 Å². The van der Waals surface area contributed by atoms with Crippen LogP contribution in [-0.4, -0.2) is 33.9 Å². The van der Waals surface area contributed by atoms with E-state index in [2.05, 4.69) is 27.4 Å². The fourth-order valence-corrected chi connectivity index (χ4v) is 2.79. The Bertz CT molecular complexity index is 742. The Balaban J connectivity index is 1.79. The van der Waals surface area contributed by atoms with E-state index < -0.39 is 0 Å². The van der Waals surface area contributed by atoms with Crippen molar-refractivity contribution < 1.29 is 9.53 Å². The summed E-state index contributed by atoms with van der Waals surface area (Å²) < 4.78 is 5.72. The average molecular weight is 372 g/mol. The highest BCUT2D eigenvalue weighted by Crippen LogP contribution is 2.14. The molecule has 0 aliphatic carbocycles. The number of nitrogens with one attached hydrogen (secondary N) is 1. The second kappa shape index (κ2) is 9.91. The molecule has 1 heterocycles. The second-order valence-electron chi connectivity index (χ2n) is 5.92. The minimum absolute atomic E-state index is 0.187. The minimum Gasteiger partial charge on any atom is -0.491 e. The van der Waals surface area contributed by atoms with Crippen LogP contribution in [0.5, 0.6) is 5.75 Å². The van der Waals surface area contributed by atoms with Gasteiger partial charge in [-0.2, -0.15) is 5.10 Å². The van der Waals surface area contributed by atoms with Gasteiger partial charge < -0.3 is 4.74 Å². The fourth-order valence-electron chi connectivity index (χ4n) is 2.05. The van der Waals surface area contributed by atoms with Crippen molar-refractivity contribution in [2.24, 2.45) is 5.10 Å². The van der Waals surface area contributed by atoms with Gasteiger partial charge in [-0.3, -0.25) is 4.79 Å². The van der Waals surface area contributed by atoms with Crippen molar-refractivity contribution in [2.45, 2.75) is 45.4 Å². The molecule has 1 amide bonds. The van der Waals surface area contributed by atoms with Crippen molar-refractivity contribution >= 4 is 23.9 Å². The first-order valence-electron chi connectivity index (χ1n) is 8.50. The van der Waals surface area contributed by atoms with E-state index in [0.29, 0.717) is 5.16 Å². The summed E-state index contributed by atoms with van der Waals surface area (Å²) in [4.78, 5) is 20.4. The summed E-state index contributed by atoms with van der Waals surface area (Å²) in [5.41, 5.74) is 5.17. The lowest BCUT2D eigenvalue weighted by Crippen LogP contribution is -2.19. The number of benzene rings is 1. The third-order valence-corrected chi connectivity index (χ3v) is 4.34. The van der Waals surface area contributed by atoms with Crippen LogP contribution in [0.25, 0.3) is 0 Å². The van der Waals surface area contributed by atoms with Crippen LogP contribution in [0.2, 0.25) is 0 Å². The molecule has 2 rings (SSSR count). The topological polar surface area (TPSA) is 76.5 Å². The van der Waals surface area contributed by atoms with Gasteiger partial charge in [0.15, 0.2) is 5.16 Å². The Hall–Kier alpha value is -2.41. The third kappa shape index (κ3) is 6.84. The number of amides is 1. The molecular weight excluding hydrogens is 348 g/mol. The number of nitrogens with zero attached hydrogens (tertiary/aromatic N) is 3. The minimum atomic E-state index is -0.203. The molecule has 6 nitrogen and oxygen atoms in total. The van der Waals surface area contributed by atoms with Gasteiger partial charge in [-0.1, -0.05) is 18.7 Å². The van der Waals surface area contributed by atoms with Crippen molar-refractivity contribution in [1.29, 1.82) is 0 Å². The molecule has 0 spiro atoms. The maximum absolute atomic E-state index is 11.9. The molecule has 0 bridgehead atoms. The van der Waals surface area contributed by atoms with Gasteiger partial charge in [0.25, 0.3) is 5.91 Å². The van der Waals surface area contributed by atoms with Gasteiger partial charge in [0.2, 0.25) is 0 Å². The van der Waals surface area contributed by atoms with Gasteiger partial charge >= 0.3 is 0 Å². The van der Waals surface area contributed by atoms with E-state index >= 15 is 0 Å². The normalized spacial score (nSPS) is 12.2. The van der Waals surface area contributed by atoms with Gasteiger partial charge in [-0.15, -0.1) is 0 Å². The van der Waals surface area contributed by atoms with E-state index in [0.717, 1.165) is 29.1 Å². The molecule has 26 heavy (non-hydrogen) atoms. The number of thioether (sulfide) groups is 1. The Kier molecular flexibility index (Phi) is 7.59. The van der Waals surface area contributed by atoms with E-state index in [4.69, 9.17) is 4.74 Å². The summed E-state index contributed by atoms with van der Waals surface area (Å²) >= 11 is 1.29. The highest BCUT2D eigenvalue weighted by Gasteiger charge is 2.05. The van der Waals surface area contributed by atoms with Crippen LogP contribution < -0.4 is 10.2 Å². The van der Waals surface area contributed by atoms with Crippen LogP contribution in [0.3, 0.4) is 0 Å². The Morgan fingerprint density at radius 3 is 2.54 bits per heavy atom. The summed E-state index contributed by atoms with van der Waals surface area (Å²) in [5, 5.41) is 4.57. The van der Waals surface area contributed by atoms with Crippen molar-refractivity contribution in [1.82, 2.24) is 15.4 Å². The predicted molar refractivity (Wildman–Crippen MR) is 105 cm³/mol. The summed E-state index contributed by atoms with van der Waals surface area (Å²) in [7, 11) is 0. The molecule has 0 unspecified atom stereocenters. The quantitative estimate of drug-likeness (QED) is 0.332. The molecule has 7 heteroatoms. The number of hydrogen-bond donors (Lipinski definition) is 1. The van der Waals surface area contributed by atoms with Gasteiger partial charge in [-0.25, -0.2) is 15.4 Å². The lowest BCUT2D eigenvalue weighted by Gasteiger charge is -2.12. The van der Waals surface area contributed by atoms with Crippen molar-refractivity contribution in [3.8, 4) is 5.75 Å². The summed E-state index contributed by atoms with van der Waals surface area (Å²) in [6, 6.07) is 9.47. The van der Waals surface area contributed by atoms with Crippen molar-refractivity contribution in [3.63, 3.8) is 0 Å². The maximum atomic E-state index is 11.9. The van der Waals surface area contributed by atoms with E-state index in [9.17, 15) is 4.79 Å². The molecule has 0 saturated heterocycles. The SMILES string of the molecule is CC[C@@H](C)Oc1ccc(/C=N\NC(=O)CSc2nc(C)cc(C)n2)cc1. The molecule has 0 aliphatic rings. The molecule has 0 aliphatic heterocycles. The highest BCUT2D eigenvalue weighted by atomic mass is 32.2. The van der Waals surface area contributed by atoms with Gasteiger partial charge in [0.1, 0.15) is 5.75 Å². The predicted octanol–water partition coefficient (Wildman–Crippen LogP) is 3.51. The van der Waals surface area contributed by atoms with Crippen molar-refractivity contribution in [3.05, 3.63) is 47.3 Å². The van der Waals surface area contributed by atoms with Crippen molar-refractivity contribution in [2.75, 3.05) is 5.75 Å². The zero-order valence-electron chi connectivity index (χ0n) is 15.5. The van der Waals surface area contributed by atoms with E-state index in [1.54, 1.807) is 6.21 Å². The lowest BCUT2D eigenvalue weighted by molar-refractivity contribution is -0.118. The van der Waals surface area contributed by atoms with Gasteiger partial charge in [-0.05, 0) is 63.1 Å². The third-order valence-electron chi connectivity index (χ3n) is 3.49. The number of ether oxygens (including phenoxy) is 1. The van der Waals surface area contributed by atoms with E-state index in [-0.39, 0.29) is 17.8 Å². The standard InChI is InChI=1S/C19H24N4O2S/c1-5-15(4)25-17-8-6-16(7-9-17)11-20-23-18(24)12-26-19-21-13(2)10-14(3)22-19/h6-11,15H,5,12H2,1-4H3,(H,23,24)/b20-11-/t15-/m1/s1. The van der Waals surface area contributed by atoms with E-state index in [1.807, 2.05) is 51.1 Å². The van der Waals surface area contributed by atoms with E-state index in [1.165, 1.54) is 11.8 Å². The monoisotopic (exact) mass is 372 g/mol. The molecule has 138 valence electrons. The fraction of sp³-hybridized carbons (Fsp3) is 0.368.